The third-order valence-electron chi connectivity index (χ3n) is 3.70. The molecule has 24 heavy (non-hydrogen) atoms. The lowest BCUT2D eigenvalue weighted by molar-refractivity contribution is -0.117. The minimum atomic E-state index is -0.201. The molecule has 124 valence electrons. The summed E-state index contributed by atoms with van der Waals surface area (Å²) in [6, 6.07) is 9.42. The van der Waals surface area contributed by atoms with Gasteiger partial charge < -0.3 is 10.6 Å². The number of aryl methyl sites for hydroxylation is 1. The molecule has 0 bridgehead atoms. The molecule has 2 amide bonds. The maximum absolute atomic E-state index is 12.1. The number of hydrogen-bond donors (Lipinski definition) is 2. The molecule has 2 aromatic rings. The molecule has 1 aromatic carbocycles. The molecule has 1 aromatic heterocycles. The number of hydrogen-bond acceptors (Lipinski definition) is 3. The first-order valence-electron chi connectivity index (χ1n) is 7.67. The van der Waals surface area contributed by atoms with Crippen molar-refractivity contribution in [3.63, 3.8) is 0 Å². The zero-order chi connectivity index (χ0) is 17.1. The van der Waals surface area contributed by atoms with Gasteiger partial charge in [0.15, 0.2) is 0 Å². The molecule has 1 aliphatic carbocycles. The highest BCUT2D eigenvalue weighted by Gasteiger charge is 2.29. The van der Waals surface area contributed by atoms with Crippen molar-refractivity contribution < 1.29 is 9.59 Å². The summed E-state index contributed by atoms with van der Waals surface area (Å²) < 4.78 is 1.03. The highest BCUT2D eigenvalue weighted by Crippen LogP contribution is 2.31. The van der Waals surface area contributed by atoms with Gasteiger partial charge >= 0.3 is 0 Å². The number of carbonyl (C=O) groups excluding carboxylic acids is 2. The third-order valence-corrected chi connectivity index (χ3v) is 5.29. The van der Waals surface area contributed by atoms with E-state index in [4.69, 9.17) is 0 Å². The molecule has 0 saturated heterocycles. The Morgan fingerprint density at radius 3 is 2.67 bits per heavy atom. The summed E-state index contributed by atoms with van der Waals surface area (Å²) in [4.78, 5) is 24.9. The quantitative estimate of drug-likeness (QED) is 0.701. The molecule has 0 atom stereocenters. The smallest absolute Gasteiger partial charge is 0.248 e. The van der Waals surface area contributed by atoms with Gasteiger partial charge in [-0.25, -0.2) is 0 Å². The second kappa shape index (κ2) is 7.32. The van der Waals surface area contributed by atoms with Crippen LogP contribution in [0.25, 0.3) is 6.08 Å². The van der Waals surface area contributed by atoms with E-state index in [1.807, 2.05) is 31.2 Å². The summed E-state index contributed by atoms with van der Waals surface area (Å²) in [5.74, 6) is 0.00462. The third kappa shape index (κ3) is 4.55. The second-order valence-corrected chi connectivity index (χ2v) is 8.25. The normalized spacial score (nSPS) is 13.9. The van der Waals surface area contributed by atoms with Crippen LogP contribution in [0.15, 0.2) is 40.2 Å². The zero-order valence-electron chi connectivity index (χ0n) is 13.1. The second-order valence-electron chi connectivity index (χ2n) is 5.76. The number of rotatable bonds is 5. The average molecular weight is 405 g/mol. The fraction of sp³-hybridized carbons (Fsp3) is 0.222. The minimum absolute atomic E-state index is 0.0549. The molecule has 0 unspecified atom stereocenters. The van der Waals surface area contributed by atoms with E-state index in [-0.39, 0.29) is 17.7 Å². The maximum atomic E-state index is 12.1. The van der Waals surface area contributed by atoms with Gasteiger partial charge in [0, 0.05) is 28.2 Å². The zero-order valence-corrected chi connectivity index (χ0v) is 15.5. The van der Waals surface area contributed by atoms with Crippen LogP contribution in [0.3, 0.4) is 0 Å². The molecule has 1 aliphatic rings. The molecule has 2 N–H and O–H groups in total. The molecular formula is C18H17BrN2O2S. The number of thiophene rings is 1. The van der Waals surface area contributed by atoms with Gasteiger partial charge in [-0.05, 0) is 71.6 Å². The Bertz CT molecular complexity index is 809. The van der Waals surface area contributed by atoms with Crippen LogP contribution in [0.5, 0.6) is 0 Å². The van der Waals surface area contributed by atoms with Crippen molar-refractivity contribution >= 4 is 56.5 Å². The lowest BCUT2D eigenvalue weighted by atomic mass is 10.1. The topological polar surface area (TPSA) is 58.2 Å². The van der Waals surface area contributed by atoms with Crippen LogP contribution in [-0.4, -0.2) is 11.8 Å². The van der Waals surface area contributed by atoms with E-state index in [2.05, 4.69) is 26.6 Å². The van der Waals surface area contributed by atoms with Gasteiger partial charge in [-0.3, -0.25) is 9.59 Å². The molecule has 6 heteroatoms. The monoisotopic (exact) mass is 404 g/mol. The standard InChI is InChI=1S/C18H17BrN2O2S/c1-11-2-5-13(20-18(23)12-3-4-12)10-15(11)21-17(22)9-7-14-6-8-16(19)24-14/h2,5-10,12H,3-4H2,1H3,(H,20,23)(H,21,22). The summed E-state index contributed by atoms with van der Waals surface area (Å²) in [7, 11) is 0. The van der Waals surface area contributed by atoms with Crippen molar-refractivity contribution in [3.8, 4) is 0 Å². The van der Waals surface area contributed by atoms with Crippen molar-refractivity contribution in [3.05, 3.63) is 50.6 Å². The average Bonchev–Trinajstić information content (AvgIpc) is 3.31. The van der Waals surface area contributed by atoms with Crippen molar-refractivity contribution in [1.82, 2.24) is 0 Å². The van der Waals surface area contributed by atoms with Gasteiger partial charge in [0.05, 0.1) is 3.79 Å². The van der Waals surface area contributed by atoms with Gasteiger partial charge in [-0.1, -0.05) is 6.07 Å². The minimum Gasteiger partial charge on any atom is -0.326 e. The molecule has 1 heterocycles. The van der Waals surface area contributed by atoms with E-state index < -0.39 is 0 Å². The van der Waals surface area contributed by atoms with E-state index in [9.17, 15) is 9.59 Å². The predicted octanol–water partition coefficient (Wildman–Crippen LogP) is 4.82. The van der Waals surface area contributed by atoms with Crippen molar-refractivity contribution in [2.45, 2.75) is 19.8 Å². The Kier molecular flexibility index (Phi) is 5.16. The molecular weight excluding hydrogens is 388 g/mol. The fourth-order valence-electron chi connectivity index (χ4n) is 2.17. The van der Waals surface area contributed by atoms with Crippen LogP contribution in [0.4, 0.5) is 11.4 Å². The van der Waals surface area contributed by atoms with Gasteiger partial charge in [-0.15, -0.1) is 11.3 Å². The highest BCUT2D eigenvalue weighted by atomic mass is 79.9. The van der Waals surface area contributed by atoms with Crippen LogP contribution in [0, 0.1) is 12.8 Å². The van der Waals surface area contributed by atoms with E-state index in [1.165, 1.54) is 6.08 Å². The molecule has 0 aliphatic heterocycles. The van der Waals surface area contributed by atoms with E-state index in [0.29, 0.717) is 11.4 Å². The number of carbonyl (C=O) groups is 2. The van der Waals surface area contributed by atoms with E-state index >= 15 is 0 Å². The predicted molar refractivity (Wildman–Crippen MR) is 102 cm³/mol. The molecule has 1 fully saturated rings. The number of anilines is 2. The molecule has 0 spiro atoms. The number of nitrogens with one attached hydrogen (secondary N) is 2. The Morgan fingerprint density at radius 1 is 1.21 bits per heavy atom. The maximum Gasteiger partial charge on any atom is 0.248 e. The van der Waals surface area contributed by atoms with E-state index in [0.717, 1.165) is 27.1 Å². The summed E-state index contributed by atoms with van der Waals surface area (Å²) >= 11 is 4.95. The SMILES string of the molecule is Cc1ccc(NC(=O)C2CC2)cc1NC(=O)C=Cc1ccc(Br)s1. The molecule has 0 radical (unpaired) electrons. The van der Waals surface area contributed by atoms with Gasteiger partial charge in [0.25, 0.3) is 0 Å². The molecule has 1 saturated carbocycles. The van der Waals surface area contributed by atoms with Gasteiger partial charge in [-0.2, -0.15) is 0 Å². The Hall–Kier alpha value is -1.92. The molecule has 4 nitrogen and oxygen atoms in total. The fourth-order valence-corrected chi connectivity index (χ4v) is 3.50. The first kappa shape index (κ1) is 16.9. The Labute approximate surface area is 153 Å². The first-order valence-corrected chi connectivity index (χ1v) is 9.28. The lowest BCUT2D eigenvalue weighted by Gasteiger charge is -2.10. The summed E-state index contributed by atoms with van der Waals surface area (Å²) in [6.07, 6.45) is 5.21. The van der Waals surface area contributed by atoms with Gasteiger partial charge in [0.1, 0.15) is 0 Å². The number of halogens is 1. The largest absolute Gasteiger partial charge is 0.326 e. The Morgan fingerprint density at radius 2 is 2.00 bits per heavy atom. The van der Waals surface area contributed by atoms with Crippen molar-refractivity contribution in [2.24, 2.45) is 5.92 Å². The van der Waals surface area contributed by atoms with Crippen LogP contribution in [-0.2, 0) is 9.59 Å². The van der Waals surface area contributed by atoms with Crippen LogP contribution >= 0.6 is 27.3 Å². The van der Waals surface area contributed by atoms with Crippen molar-refractivity contribution in [1.29, 1.82) is 0 Å². The number of amides is 2. The summed E-state index contributed by atoms with van der Waals surface area (Å²) in [5.41, 5.74) is 2.35. The highest BCUT2D eigenvalue weighted by molar-refractivity contribution is 9.11. The van der Waals surface area contributed by atoms with Crippen molar-refractivity contribution in [2.75, 3.05) is 10.6 Å². The lowest BCUT2D eigenvalue weighted by Crippen LogP contribution is -2.14. The van der Waals surface area contributed by atoms with Crippen LogP contribution in [0.1, 0.15) is 23.3 Å². The summed E-state index contributed by atoms with van der Waals surface area (Å²) in [6.45, 7) is 1.92. The molecule has 3 rings (SSSR count). The Balaban J connectivity index is 1.65. The van der Waals surface area contributed by atoms with Crippen LogP contribution < -0.4 is 10.6 Å². The first-order chi connectivity index (χ1) is 11.5. The van der Waals surface area contributed by atoms with Gasteiger partial charge in [0.2, 0.25) is 11.8 Å². The van der Waals surface area contributed by atoms with Crippen LogP contribution in [0.2, 0.25) is 0 Å². The van der Waals surface area contributed by atoms with E-state index in [1.54, 1.807) is 23.5 Å². The summed E-state index contributed by atoms with van der Waals surface area (Å²) in [5, 5.41) is 5.76. The number of benzene rings is 1.